The van der Waals surface area contributed by atoms with Crippen molar-refractivity contribution in [3.05, 3.63) is 29.0 Å². The van der Waals surface area contributed by atoms with Gasteiger partial charge in [-0.15, -0.1) is 0 Å². The SMILES string of the molecule is CC1(C2CC2)NC(=O)CCN(c2ccc(F)cc2Cl)C1=O. The number of hydrogen-bond acceptors (Lipinski definition) is 2. The zero-order chi connectivity index (χ0) is 15.2. The molecule has 1 heterocycles. The maximum absolute atomic E-state index is 13.2. The molecule has 4 nitrogen and oxygen atoms in total. The van der Waals surface area contributed by atoms with Crippen molar-refractivity contribution in [1.29, 1.82) is 0 Å². The van der Waals surface area contributed by atoms with E-state index in [4.69, 9.17) is 11.6 Å². The molecule has 1 saturated heterocycles. The maximum Gasteiger partial charge on any atom is 0.252 e. The molecule has 1 atom stereocenters. The second-order valence-electron chi connectivity index (χ2n) is 5.83. The van der Waals surface area contributed by atoms with Gasteiger partial charge in [-0.05, 0) is 43.9 Å². The number of benzene rings is 1. The molecule has 1 N–H and O–H groups in total. The molecule has 2 amide bonds. The van der Waals surface area contributed by atoms with Crippen molar-refractivity contribution in [2.75, 3.05) is 11.4 Å². The van der Waals surface area contributed by atoms with Crippen LogP contribution in [0.3, 0.4) is 0 Å². The normalized spacial score (nSPS) is 26.5. The minimum Gasteiger partial charge on any atom is -0.342 e. The second-order valence-corrected chi connectivity index (χ2v) is 6.23. The first-order valence-electron chi connectivity index (χ1n) is 7.00. The molecule has 21 heavy (non-hydrogen) atoms. The van der Waals surface area contributed by atoms with Crippen LogP contribution in [0.2, 0.25) is 5.02 Å². The summed E-state index contributed by atoms with van der Waals surface area (Å²) in [5.41, 5.74) is -0.447. The van der Waals surface area contributed by atoms with E-state index in [0.717, 1.165) is 12.8 Å². The summed E-state index contributed by atoms with van der Waals surface area (Å²) in [5.74, 6) is -0.609. The van der Waals surface area contributed by atoms with Crippen molar-refractivity contribution in [3.63, 3.8) is 0 Å². The minimum absolute atomic E-state index is 0.140. The zero-order valence-electron chi connectivity index (χ0n) is 11.7. The Morgan fingerprint density at radius 2 is 2.10 bits per heavy atom. The van der Waals surface area contributed by atoms with E-state index in [1.165, 1.54) is 23.1 Å². The maximum atomic E-state index is 13.2. The van der Waals surface area contributed by atoms with Gasteiger partial charge < -0.3 is 10.2 Å². The number of rotatable bonds is 2. The van der Waals surface area contributed by atoms with E-state index in [2.05, 4.69) is 5.32 Å². The molecule has 1 unspecified atom stereocenters. The summed E-state index contributed by atoms with van der Waals surface area (Å²) in [4.78, 5) is 26.3. The van der Waals surface area contributed by atoms with Crippen LogP contribution in [0.4, 0.5) is 10.1 Å². The van der Waals surface area contributed by atoms with Crippen molar-refractivity contribution in [1.82, 2.24) is 5.32 Å². The Labute approximate surface area is 127 Å². The standard InChI is InChI=1S/C15H16ClFN2O2/c1-15(9-2-3-9)14(21)19(7-6-13(20)18-15)12-5-4-10(17)8-11(12)16/h4-5,8-9H,2-3,6-7H2,1H3,(H,18,20). The predicted molar refractivity (Wildman–Crippen MR) is 77.7 cm³/mol. The highest BCUT2D eigenvalue weighted by molar-refractivity contribution is 6.34. The van der Waals surface area contributed by atoms with Crippen LogP contribution in [0.1, 0.15) is 26.2 Å². The molecule has 6 heteroatoms. The topological polar surface area (TPSA) is 49.4 Å². The summed E-state index contributed by atoms with van der Waals surface area (Å²) in [5, 5.41) is 3.03. The first kappa shape index (κ1) is 14.3. The van der Waals surface area contributed by atoms with Crippen LogP contribution in [0.5, 0.6) is 0 Å². The fraction of sp³-hybridized carbons (Fsp3) is 0.467. The van der Waals surface area contributed by atoms with E-state index >= 15 is 0 Å². The summed E-state index contributed by atoms with van der Waals surface area (Å²) in [6, 6.07) is 3.93. The van der Waals surface area contributed by atoms with Gasteiger partial charge in [0.15, 0.2) is 0 Å². The van der Waals surface area contributed by atoms with E-state index in [0.29, 0.717) is 5.69 Å². The lowest BCUT2D eigenvalue weighted by Gasteiger charge is -2.32. The van der Waals surface area contributed by atoms with Crippen LogP contribution >= 0.6 is 11.6 Å². The Morgan fingerprint density at radius 1 is 1.38 bits per heavy atom. The van der Waals surface area contributed by atoms with Crippen LogP contribution in [0.25, 0.3) is 0 Å². The summed E-state index contributed by atoms with van der Waals surface area (Å²) < 4.78 is 13.2. The molecule has 1 saturated carbocycles. The molecule has 1 aliphatic carbocycles. The second kappa shape index (κ2) is 4.98. The third-order valence-corrected chi connectivity index (χ3v) is 4.55. The molecular weight excluding hydrogens is 295 g/mol. The predicted octanol–water partition coefficient (Wildman–Crippen LogP) is 2.50. The lowest BCUT2D eigenvalue weighted by atomic mass is 9.94. The molecule has 112 valence electrons. The highest BCUT2D eigenvalue weighted by Crippen LogP contribution is 2.42. The lowest BCUT2D eigenvalue weighted by molar-refractivity contribution is -0.130. The fourth-order valence-corrected chi connectivity index (χ4v) is 3.14. The van der Waals surface area contributed by atoms with Crippen LogP contribution in [-0.4, -0.2) is 23.9 Å². The quantitative estimate of drug-likeness (QED) is 0.912. The number of amides is 2. The van der Waals surface area contributed by atoms with Gasteiger partial charge >= 0.3 is 0 Å². The van der Waals surface area contributed by atoms with E-state index < -0.39 is 11.4 Å². The Bertz CT molecular complexity index is 618. The first-order chi connectivity index (χ1) is 9.91. The summed E-state index contributed by atoms with van der Waals surface area (Å²) in [7, 11) is 0. The number of halogens is 2. The first-order valence-corrected chi connectivity index (χ1v) is 7.37. The fourth-order valence-electron chi connectivity index (χ4n) is 2.87. The van der Waals surface area contributed by atoms with E-state index in [1.54, 1.807) is 6.92 Å². The highest BCUT2D eigenvalue weighted by atomic mass is 35.5. The number of anilines is 1. The molecular formula is C15H16ClFN2O2. The van der Waals surface area contributed by atoms with Gasteiger partial charge in [0.1, 0.15) is 11.4 Å². The lowest BCUT2D eigenvalue weighted by Crippen LogP contribution is -2.57. The van der Waals surface area contributed by atoms with Crippen molar-refractivity contribution < 1.29 is 14.0 Å². The van der Waals surface area contributed by atoms with Gasteiger partial charge in [0.2, 0.25) is 5.91 Å². The monoisotopic (exact) mass is 310 g/mol. The van der Waals surface area contributed by atoms with E-state index in [1.807, 2.05) is 0 Å². The van der Waals surface area contributed by atoms with E-state index in [9.17, 15) is 14.0 Å². The molecule has 0 bridgehead atoms. The average Bonchev–Trinajstić information content (AvgIpc) is 3.24. The number of carbonyl (C=O) groups is 2. The van der Waals surface area contributed by atoms with Crippen LogP contribution in [0, 0.1) is 11.7 Å². The molecule has 3 rings (SSSR count). The number of carbonyl (C=O) groups excluding carboxylic acids is 2. The number of nitrogens with one attached hydrogen (secondary N) is 1. The van der Waals surface area contributed by atoms with Crippen molar-refractivity contribution in [2.24, 2.45) is 5.92 Å². The molecule has 1 aromatic carbocycles. The van der Waals surface area contributed by atoms with Crippen molar-refractivity contribution in [2.45, 2.75) is 31.7 Å². The third kappa shape index (κ3) is 2.50. The Kier molecular flexibility index (Phi) is 3.40. The average molecular weight is 311 g/mol. The van der Waals surface area contributed by atoms with Gasteiger partial charge in [0.05, 0.1) is 10.7 Å². The molecule has 2 fully saturated rings. The highest BCUT2D eigenvalue weighted by Gasteiger charge is 2.51. The summed E-state index contributed by atoms with van der Waals surface area (Å²) >= 11 is 6.07. The van der Waals surface area contributed by atoms with Crippen molar-refractivity contribution in [3.8, 4) is 0 Å². The Morgan fingerprint density at radius 3 is 2.71 bits per heavy atom. The van der Waals surface area contributed by atoms with Crippen LogP contribution in [-0.2, 0) is 9.59 Å². The van der Waals surface area contributed by atoms with Crippen molar-refractivity contribution >= 4 is 29.1 Å². The molecule has 1 aromatic rings. The van der Waals surface area contributed by atoms with Gasteiger partial charge in [0, 0.05) is 13.0 Å². The van der Waals surface area contributed by atoms with Gasteiger partial charge in [0.25, 0.3) is 5.91 Å². The molecule has 2 aliphatic rings. The summed E-state index contributed by atoms with van der Waals surface area (Å²) in [6.07, 6.45) is 2.06. The number of hydrogen-bond donors (Lipinski definition) is 1. The number of nitrogens with zero attached hydrogens (tertiary/aromatic N) is 1. The third-order valence-electron chi connectivity index (χ3n) is 4.25. The van der Waals surface area contributed by atoms with Gasteiger partial charge in [-0.3, -0.25) is 9.59 Å². The minimum atomic E-state index is -0.898. The van der Waals surface area contributed by atoms with Gasteiger partial charge in [-0.25, -0.2) is 4.39 Å². The molecule has 0 spiro atoms. The van der Waals surface area contributed by atoms with E-state index in [-0.39, 0.29) is 35.7 Å². The largest absolute Gasteiger partial charge is 0.342 e. The Hall–Kier alpha value is -1.62. The van der Waals surface area contributed by atoms with Crippen LogP contribution < -0.4 is 10.2 Å². The van der Waals surface area contributed by atoms with Gasteiger partial charge in [-0.1, -0.05) is 11.6 Å². The zero-order valence-corrected chi connectivity index (χ0v) is 12.4. The molecule has 1 aliphatic heterocycles. The molecule has 0 radical (unpaired) electrons. The molecule has 0 aromatic heterocycles. The summed E-state index contributed by atoms with van der Waals surface area (Å²) in [6.45, 7) is 2.01. The van der Waals surface area contributed by atoms with Crippen LogP contribution in [0.15, 0.2) is 18.2 Å². The Balaban J connectivity index is 2.00. The van der Waals surface area contributed by atoms with Gasteiger partial charge in [-0.2, -0.15) is 0 Å². The smallest absolute Gasteiger partial charge is 0.252 e.